The second-order valence-electron chi connectivity index (χ2n) is 7.94. The molecule has 162 valence electrons. The van der Waals surface area contributed by atoms with Crippen molar-refractivity contribution in [2.45, 2.75) is 60.0 Å². The van der Waals surface area contributed by atoms with Gasteiger partial charge in [-0.25, -0.2) is 0 Å². The monoisotopic (exact) mass is 497 g/mol. The van der Waals surface area contributed by atoms with Crippen LogP contribution in [-0.2, 0) is 4.74 Å². The highest BCUT2D eigenvalue weighted by atomic mass is 127. The molecular weight excluding hydrogens is 453 g/mol. The molecule has 1 fully saturated rings. The number of morpholine rings is 1. The van der Waals surface area contributed by atoms with E-state index in [1.54, 1.807) is 0 Å². The van der Waals surface area contributed by atoms with Gasteiger partial charge in [0.1, 0.15) is 0 Å². The number of nitrogens with one attached hydrogen (secondary N) is 2. The Labute approximate surface area is 184 Å². The van der Waals surface area contributed by atoms with Gasteiger partial charge in [0.05, 0.1) is 13.2 Å². The molecule has 1 heterocycles. The fraction of sp³-hybridized carbons (Fsp3) is 0.950. The minimum atomic E-state index is 0. The summed E-state index contributed by atoms with van der Waals surface area (Å²) in [6, 6.07) is 1.19. The first-order valence-corrected chi connectivity index (χ1v) is 10.5. The van der Waals surface area contributed by atoms with Crippen molar-refractivity contribution in [1.29, 1.82) is 0 Å². The summed E-state index contributed by atoms with van der Waals surface area (Å²) in [6.07, 6.45) is 1.13. The SMILES string of the molecule is CCNC(=NCC(C)CN1CCOCC1)NCCCN(C(C)C)C(C)C.I. The molecule has 0 saturated carbocycles. The summed E-state index contributed by atoms with van der Waals surface area (Å²) in [6.45, 7) is 22.3. The van der Waals surface area contributed by atoms with Crippen molar-refractivity contribution in [3.8, 4) is 0 Å². The third-order valence-corrected chi connectivity index (χ3v) is 4.79. The van der Waals surface area contributed by atoms with Crippen molar-refractivity contribution in [3.05, 3.63) is 0 Å². The molecule has 1 aliphatic rings. The Balaban J connectivity index is 0.00000676. The van der Waals surface area contributed by atoms with Gasteiger partial charge in [-0.05, 0) is 47.0 Å². The van der Waals surface area contributed by atoms with Crippen molar-refractivity contribution >= 4 is 29.9 Å². The molecule has 0 aromatic carbocycles. The maximum Gasteiger partial charge on any atom is 0.191 e. The minimum Gasteiger partial charge on any atom is -0.379 e. The van der Waals surface area contributed by atoms with Crippen LogP contribution in [0.25, 0.3) is 0 Å². The number of guanidine groups is 1. The van der Waals surface area contributed by atoms with E-state index in [0.717, 1.165) is 71.4 Å². The summed E-state index contributed by atoms with van der Waals surface area (Å²) in [5.41, 5.74) is 0. The van der Waals surface area contributed by atoms with Crippen LogP contribution in [0.3, 0.4) is 0 Å². The zero-order valence-corrected chi connectivity index (χ0v) is 20.8. The molecule has 0 aliphatic carbocycles. The van der Waals surface area contributed by atoms with Crippen LogP contribution in [0.4, 0.5) is 0 Å². The molecule has 1 aliphatic heterocycles. The molecule has 0 bridgehead atoms. The molecule has 0 spiro atoms. The van der Waals surface area contributed by atoms with Gasteiger partial charge >= 0.3 is 0 Å². The van der Waals surface area contributed by atoms with Crippen LogP contribution in [0.5, 0.6) is 0 Å². The maximum atomic E-state index is 5.42. The number of nitrogens with zero attached hydrogens (tertiary/aromatic N) is 3. The Hall–Kier alpha value is -0.120. The second-order valence-corrected chi connectivity index (χ2v) is 7.94. The molecule has 2 N–H and O–H groups in total. The number of rotatable bonds is 11. The van der Waals surface area contributed by atoms with Gasteiger partial charge < -0.3 is 15.4 Å². The summed E-state index contributed by atoms with van der Waals surface area (Å²) in [5, 5.41) is 6.86. The van der Waals surface area contributed by atoms with E-state index in [1.807, 2.05) is 0 Å². The van der Waals surface area contributed by atoms with Crippen LogP contribution in [0.2, 0.25) is 0 Å². The molecule has 1 unspecified atom stereocenters. The van der Waals surface area contributed by atoms with Crippen molar-refractivity contribution in [2.75, 3.05) is 59.0 Å². The van der Waals surface area contributed by atoms with Crippen molar-refractivity contribution < 1.29 is 4.74 Å². The highest BCUT2D eigenvalue weighted by Crippen LogP contribution is 2.06. The Kier molecular flexibility index (Phi) is 15.7. The molecule has 0 aromatic heterocycles. The second kappa shape index (κ2) is 15.8. The fourth-order valence-corrected chi connectivity index (χ4v) is 3.45. The third-order valence-electron chi connectivity index (χ3n) is 4.79. The number of aliphatic imine (C=N–C) groups is 1. The summed E-state index contributed by atoms with van der Waals surface area (Å²) in [4.78, 5) is 9.81. The van der Waals surface area contributed by atoms with Gasteiger partial charge in [-0.3, -0.25) is 14.8 Å². The van der Waals surface area contributed by atoms with Gasteiger partial charge in [-0.1, -0.05) is 6.92 Å². The highest BCUT2D eigenvalue weighted by molar-refractivity contribution is 14.0. The summed E-state index contributed by atoms with van der Waals surface area (Å²) in [7, 11) is 0. The van der Waals surface area contributed by atoms with E-state index in [1.165, 1.54) is 0 Å². The Morgan fingerprint density at radius 3 is 2.26 bits per heavy atom. The lowest BCUT2D eigenvalue weighted by Gasteiger charge is -2.30. The van der Waals surface area contributed by atoms with Crippen LogP contribution in [-0.4, -0.2) is 86.9 Å². The standard InChI is InChI=1S/C20H43N5O.HI/c1-7-21-20(22-9-8-10-25(17(2)3)18(4)5)23-15-19(6)16-24-11-13-26-14-12-24;/h17-19H,7-16H2,1-6H3,(H2,21,22,23);1H. The Morgan fingerprint density at radius 2 is 1.70 bits per heavy atom. The molecule has 1 rings (SSSR count). The first-order valence-electron chi connectivity index (χ1n) is 10.5. The Bertz CT molecular complexity index is 379. The quantitative estimate of drug-likeness (QED) is 0.199. The number of halogens is 1. The topological polar surface area (TPSA) is 52.1 Å². The predicted molar refractivity (Wildman–Crippen MR) is 127 cm³/mol. The van der Waals surface area contributed by atoms with Gasteiger partial charge in [0.2, 0.25) is 0 Å². The largest absolute Gasteiger partial charge is 0.379 e. The van der Waals surface area contributed by atoms with Crippen LogP contribution in [0.1, 0.15) is 48.0 Å². The molecule has 0 radical (unpaired) electrons. The molecule has 1 saturated heterocycles. The zero-order chi connectivity index (χ0) is 19.4. The normalized spacial score (nSPS) is 17.3. The van der Waals surface area contributed by atoms with Crippen molar-refractivity contribution in [2.24, 2.45) is 10.9 Å². The van der Waals surface area contributed by atoms with Crippen LogP contribution < -0.4 is 10.6 Å². The predicted octanol–water partition coefficient (Wildman–Crippen LogP) is 2.64. The highest BCUT2D eigenvalue weighted by Gasteiger charge is 2.14. The van der Waals surface area contributed by atoms with E-state index in [9.17, 15) is 0 Å². The third kappa shape index (κ3) is 12.1. The van der Waals surface area contributed by atoms with Crippen molar-refractivity contribution in [3.63, 3.8) is 0 Å². The van der Waals surface area contributed by atoms with Gasteiger partial charge in [0.25, 0.3) is 0 Å². The van der Waals surface area contributed by atoms with E-state index in [0.29, 0.717) is 18.0 Å². The van der Waals surface area contributed by atoms with E-state index in [-0.39, 0.29) is 24.0 Å². The molecule has 0 aromatic rings. The summed E-state index contributed by atoms with van der Waals surface area (Å²) in [5.74, 6) is 1.50. The fourth-order valence-electron chi connectivity index (χ4n) is 3.45. The smallest absolute Gasteiger partial charge is 0.191 e. The van der Waals surface area contributed by atoms with Gasteiger partial charge in [-0.15, -0.1) is 24.0 Å². The first-order chi connectivity index (χ1) is 12.4. The van der Waals surface area contributed by atoms with Crippen LogP contribution in [0, 0.1) is 5.92 Å². The van der Waals surface area contributed by atoms with Crippen LogP contribution >= 0.6 is 24.0 Å². The molecule has 27 heavy (non-hydrogen) atoms. The molecule has 7 heteroatoms. The zero-order valence-electron chi connectivity index (χ0n) is 18.5. The number of hydrogen-bond donors (Lipinski definition) is 2. The Morgan fingerprint density at radius 1 is 1.07 bits per heavy atom. The molecule has 1 atom stereocenters. The van der Waals surface area contributed by atoms with E-state index >= 15 is 0 Å². The summed E-state index contributed by atoms with van der Waals surface area (Å²) < 4.78 is 5.42. The number of ether oxygens (including phenoxy) is 1. The number of hydrogen-bond acceptors (Lipinski definition) is 4. The van der Waals surface area contributed by atoms with Crippen LogP contribution in [0.15, 0.2) is 4.99 Å². The van der Waals surface area contributed by atoms with E-state index in [2.05, 4.69) is 62.0 Å². The maximum absolute atomic E-state index is 5.42. The van der Waals surface area contributed by atoms with Gasteiger partial charge in [0, 0.05) is 57.9 Å². The lowest BCUT2D eigenvalue weighted by atomic mass is 10.1. The van der Waals surface area contributed by atoms with E-state index < -0.39 is 0 Å². The minimum absolute atomic E-state index is 0. The lowest BCUT2D eigenvalue weighted by molar-refractivity contribution is 0.0323. The average molecular weight is 498 g/mol. The van der Waals surface area contributed by atoms with Gasteiger partial charge in [0.15, 0.2) is 5.96 Å². The summed E-state index contributed by atoms with van der Waals surface area (Å²) >= 11 is 0. The van der Waals surface area contributed by atoms with Gasteiger partial charge in [-0.2, -0.15) is 0 Å². The molecule has 0 amide bonds. The first kappa shape index (κ1) is 26.9. The van der Waals surface area contributed by atoms with E-state index in [4.69, 9.17) is 9.73 Å². The van der Waals surface area contributed by atoms with Crippen molar-refractivity contribution in [1.82, 2.24) is 20.4 Å². The molecule has 6 nitrogen and oxygen atoms in total. The molecular formula is C20H44IN5O. The lowest BCUT2D eigenvalue weighted by Crippen LogP contribution is -2.42. The average Bonchev–Trinajstić information content (AvgIpc) is 2.59.